The Morgan fingerprint density at radius 2 is 1.33 bits per heavy atom. The monoisotopic (exact) mass is 465 g/mol. The summed E-state index contributed by atoms with van der Waals surface area (Å²) >= 11 is 0. The van der Waals surface area contributed by atoms with Gasteiger partial charge in [0.05, 0.1) is 19.3 Å². The fourth-order valence-corrected chi connectivity index (χ4v) is 3.39. The van der Waals surface area contributed by atoms with Gasteiger partial charge < -0.3 is 29.9 Å². The third-order valence-electron chi connectivity index (χ3n) is 5.04. The zero-order valence-corrected chi connectivity index (χ0v) is 18.7. The molecule has 0 spiro atoms. The number of ether oxygens (including phenoxy) is 1. The molecule has 1 aliphatic rings. The summed E-state index contributed by atoms with van der Waals surface area (Å²) in [6.45, 7) is 2.29. The average Bonchev–Trinajstić information content (AvgIpc) is 2.74. The fraction of sp³-hybridized carbons (Fsp3) is 0.524. The van der Waals surface area contributed by atoms with Crippen LogP contribution in [0, 0.1) is 0 Å². The van der Waals surface area contributed by atoms with E-state index in [1.807, 2.05) is 12.1 Å². The van der Waals surface area contributed by atoms with Crippen LogP contribution in [0.3, 0.4) is 0 Å². The standard InChI is InChI=1S/C21H31N5O7/c1-33-18-4-2-3-17(22-18)13-23-5-7-24(14-19(27)28)9-11-26(16-21(31)32)12-10-25(8-6-23)15-20(29)30/h2-4,9,11H,5-8,10,12-16H2,1H3,(H,27,28)(H,29,30)(H,31,32)/b11-9-. The van der Waals surface area contributed by atoms with Crippen molar-refractivity contribution in [1.29, 1.82) is 0 Å². The number of carbonyl (C=O) groups is 3. The van der Waals surface area contributed by atoms with Crippen LogP contribution in [0.1, 0.15) is 5.69 Å². The summed E-state index contributed by atoms with van der Waals surface area (Å²) in [5.41, 5.74) is 0.777. The topological polar surface area (TPSA) is 147 Å². The molecule has 0 aliphatic carbocycles. The number of carboxylic acids is 3. The van der Waals surface area contributed by atoms with Gasteiger partial charge in [-0.15, -0.1) is 0 Å². The van der Waals surface area contributed by atoms with E-state index in [9.17, 15) is 29.7 Å². The van der Waals surface area contributed by atoms with Crippen molar-refractivity contribution < 1.29 is 34.4 Å². The van der Waals surface area contributed by atoms with Crippen LogP contribution >= 0.6 is 0 Å². The van der Waals surface area contributed by atoms with Gasteiger partial charge in [0.1, 0.15) is 13.1 Å². The molecule has 0 radical (unpaired) electrons. The first-order valence-electron chi connectivity index (χ1n) is 10.5. The number of aromatic nitrogens is 1. The SMILES string of the molecule is COc1cccc(CN2CCN(CC(=O)O)/C=C\N(CC(=O)O)CCN(CC(=O)O)CC2)n1. The molecule has 1 aromatic rings. The van der Waals surface area contributed by atoms with Gasteiger partial charge in [0.25, 0.3) is 0 Å². The van der Waals surface area contributed by atoms with E-state index in [0.717, 1.165) is 5.69 Å². The first-order valence-corrected chi connectivity index (χ1v) is 10.5. The number of methoxy groups -OCH3 is 1. The van der Waals surface area contributed by atoms with Crippen molar-refractivity contribution in [3.05, 3.63) is 36.3 Å². The third kappa shape index (κ3) is 10.2. The highest BCUT2D eigenvalue weighted by Gasteiger charge is 2.17. The molecule has 0 fully saturated rings. The average molecular weight is 466 g/mol. The minimum atomic E-state index is -1.03. The Kier molecular flexibility index (Phi) is 10.4. The van der Waals surface area contributed by atoms with Gasteiger partial charge >= 0.3 is 17.9 Å². The summed E-state index contributed by atoms with van der Waals surface area (Å²) in [5, 5.41) is 27.7. The van der Waals surface area contributed by atoms with Crippen molar-refractivity contribution in [2.45, 2.75) is 6.54 Å². The lowest BCUT2D eigenvalue weighted by atomic mass is 10.3. The Labute approximate surface area is 192 Å². The van der Waals surface area contributed by atoms with Crippen LogP contribution in [0.25, 0.3) is 0 Å². The lowest BCUT2D eigenvalue weighted by molar-refractivity contribution is -0.139. The largest absolute Gasteiger partial charge is 0.481 e. The molecule has 182 valence electrons. The first-order chi connectivity index (χ1) is 15.7. The van der Waals surface area contributed by atoms with Crippen LogP contribution in [0.2, 0.25) is 0 Å². The highest BCUT2D eigenvalue weighted by molar-refractivity contribution is 5.70. The molecule has 2 rings (SSSR count). The normalized spacial score (nSPS) is 17.6. The van der Waals surface area contributed by atoms with Gasteiger partial charge in [0.2, 0.25) is 5.88 Å². The predicted molar refractivity (Wildman–Crippen MR) is 118 cm³/mol. The van der Waals surface area contributed by atoms with Crippen molar-refractivity contribution in [2.24, 2.45) is 0 Å². The Hall–Kier alpha value is -3.38. The van der Waals surface area contributed by atoms with Crippen molar-refractivity contribution >= 4 is 17.9 Å². The number of hydrogen-bond donors (Lipinski definition) is 3. The van der Waals surface area contributed by atoms with Gasteiger partial charge in [0.15, 0.2) is 0 Å². The molecule has 33 heavy (non-hydrogen) atoms. The first kappa shape index (κ1) is 25.9. The number of hydrogen-bond acceptors (Lipinski definition) is 9. The van der Waals surface area contributed by atoms with Crippen LogP contribution in [0.4, 0.5) is 0 Å². The lowest BCUT2D eigenvalue weighted by Crippen LogP contribution is -2.44. The molecule has 1 aromatic heterocycles. The van der Waals surface area contributed by atoms with E-state index >= 15 is 0 Å². The zero-order chi connectivity index (χ0) is 24.2. The number of carboxylic acid groups (broad SMARTS) is 3. The van der Waals surface area contributed by atoms with Gasteiger partial charge in [-0.25, -0.2) is 4.98 Å². The van der Waals surface area contributed by atoms with Gasteiger partial charge in [-0.2, -0.15) is 0 Å². The molecular weight excluding hydrogens is 434 g/mol. The number of aliphatic carboxylic acids is 3. The van der Waals surface area contributed by atoms with E-state index in [-0.39, 0.29) is 26.2 Å². The summed E-state index contributed by atoms with van der Waals surface area (Å²) in [7, 11) is 1.54. The Morgan fingerprint density at radius 3 is 1.88 bits per heavy atom. The lowest BCUT2D eigenvalue weighted by Gasteiger charge is -2.31. The Bertz CT molecular complexity index is 835. The summed E-state index contributed by atoms with van der Waals surface area (Å²) in [5.74, 6) is -2.50. The Morgan fingerprint density at radius 1 is 0.818 bits per heavy atom. The van der Waals surface area contributed by atoms with Crippen LogP contribution in [-0.4, -0.2) is 124 Å². The van der Waals surface area contributed by atoms with Crippen molar-refractivity contribution in [3.8, 4) is 5.88 Å². The molecule has 0 aromatic carbocycles. The molecule has 0 saturated carbocycles. The van der Waals surface area contributed by atoms with E-state index in [4.69, 9.17) is 4.74 Å². The van der Waals surface area contributed by atoms with Crippen LogP contribution in [0.15, 0.2) is 30.6 Å². The van der Waals surface area contributed by atoms with Crippen molar-refractivity contribution in [2.75, 3.05) is 66.0 Å². The number of pyridine rings is 1. The third-order valence-corrected chi connectivity index (χ3v) is 5.04. The second-order valence-electron chi connectivity index (χ2n) is 7.64. The van der Waals surface area contributed by atoms with Crippen molar-refractivity contribution in [3.63, 3.8) is 0 Å². The maximum absolute atomic E-state index is 11.3. The quantitative estimate of drug-likeness (QED) is 0.433. The molecule has 12 nitrogen and oxygen atoms in total. The number of rotatable bonds is 9. The minimum Gasteiger partial charge on any atom is -0.481 e. The second kappa shape index (κ2) is 13.2. The van der Waals surface area contributed by atoms with Crippen LogP contribution in [-0.2, 0) is 20.9 Å². The summed E-state index contributed by atoms with van der Waals surface area (Å²) < 4.78 is 5.18. The summed E-state index contributed by atoms with van der Waals surface area (Å²) in [6, 6.07) is 5.45. The van der Waals surface area contributed by atoms with Gasteiger partial charge in [-0.3, -0.25) is 24.2 Å². The van der Waals surface area contributed by atoms with Crippen molar-refractivity contribution in [1.82, 2.24) is 24.6 Å². The summed E-state index contributed by atoms with van der Waals surface area (Å²) in [6.07, 6.45) is 3.12. The number of nitrogens with zero attached hydrogens (tertiary/aromatic N) is 5. The highest BCUT2D eigenvalue weighted by Crippen LogP contribution is 2.10. The van der Waals surface area contributed by atoms with Gasteiger partial charge in [-0.05, 0) is 6.07 Å². The fourth-order valence-electron chi connectivity index (χ4n) is 3.39. The van der Waals surface area contributed by atoms with Gasteiger partial charge in [0, 0.05) is 64.3 Å². The maximum Gasteiger partial charge on any atom is 0.323 e. The smallest absolute Gasteiger partial charge is 0.323 e. The predicted octanol–water partition coefficient (Wildman–Crippen LogP) is -0.463. The summed E-state index contributed by atoms with van der Waals surface area (Å²) in [4.78, 5) is 45.3. The second-order valence-corrected chi connectivity index (χ2v) is 7.64. The van der Waals surface area contributed by atoms with E-state index in [2.05, 4.69) is 9.88 Å². The molecule has 3 N–H and O–H groups in total. The minimum absolute atomic E-state index is 0.166. The molecule has 0 saturated heterocycles. The molecule has 2 heterocycles. The van der Waals surface area contributed by atoms with Crippen LogP contribution in [0.5, 0.6) is 5.88 Å². The Balaban J connectivity index is 2.23. The van der Waals surface area contributed by atoms with E-state index < -0.39 is 17.9 Å². The molecule has 12 heteroatoms. The zero-order valence-electron chi connectivity index (χ0n) is 18.7. The molecular formula is C21H31N5O7. The molecule has 0 bridgehead atoms. The molecule has 0 amide bonds. The highest BCUT2D eigenvalue weighted by atomic mass is 16.5. The molecule has 0 atom stereocenters. The van der Waals surface area contributed by atoms with Crippen LogP contribution < -0.4 is 4.74 Å². The van der Waals surface area contributed by atoms with E-state index in [1.54, 1.807) is 28.3 Å². The van der Waals surface area contributed by atoms with E-state index in [0.29, 0.717) is 45.1 Å². The molecule has 1 aliphatic heterocycles. The molecule has 0 unspecified atom stereocenters. The maximum atomic E-state index is 11.3. The van der Waals surface area contributed by atoms with Gasteiger partial charge in [-0.1, -0.05) is 6.07 Å². The van der Waals surface area contributed by atoms with E-state index in [1.165, 1.54) is 12.0 Å².